The quantitative estimate of drug-likeness (QED) is 0.366. The minimum absolute atomic E-state index is 1.02. The summed E-state index contributed by atoms with van der Waals surface area (Å²) in [6.45, 7) is 6.60. The van der Waals surface area contributed by atoms with Crippen molar-refractivity contribution in [1.82, 2.24) is 0 Å². The van der Waals surface area contributed by atoms with E-state index >= 15 is 0 Å². The molecule has 1 aliphatic carbocycles. The first kappa shape index (κ1) is 18.7. The maximum Gasteiger partial charge on any atom is 0.213 e. The third kappa shape index (κ3) is 2.87. The van der Waals surface area contributed by atoms with Gasteiger partial charge in [0, 0.05) is 48.2 Å². The van der Waals surface area contributed by atoms with Crippen LogP contribution in [0.25, 0.3) is 33.6 Å². The highest BCUT2D eigenvalue weighted by Crippen LogP contribution is 2.38. The number of hydrogen-bond acceptors (Lipinski definition) is 0. The Morgan fingerprint density at radius 3 is 2.17 bits per heavy atom. The molecule has 2 heterocycles. The Bertz CT molecular complexity index is 1310. The predicted molar refractivity (Wildman–Crippen MR) is 122 cm³/mol. The Morgan fingerprint density at radius 2 is 1.37 bits per heavy atom. The molecule has 0 saturated carbocycles. The number of aryl methyl sites for hydroxylation is 3. The average Bonchev–Trinajstić information content (AvgIpc) is 3.08. The van der Waals surface area contributed by atoms with Crippen LogP contribution in [0.15, 0.2) is 66.9 Å². The fourth-order valence-electron chi connectivity index (χ4n) is 4.93. The van der Waals surface area contributed by atoms with Gasteiger partial charge in [0.1, 0.15) is 14.1 Å². The molecule has 5 rings (SSSR count). The van der Waals surface area contributed by atoms with Gasteiger partial charge in [0.15, 0.2) is 11.9 Å². The molecule has 0 radical (unpaired) electrons. The molecule has 0 fully saturated rings. The number of rotatable bonds is 2. The highest BCUT2D eigenvalue weighted by Gasteiger charge is 2.26. The van der Waals surface area contributed by atoms with Crippen LogP contribution in [0.2, 0.25) is 0 Å². The van der Waals surface area contributed by atoms with Crippen molar-refractivity contribution >= 4 is 0 Å². The second-order valence-corrected chi connectivity index (χ2v) is 8.64. The third-order valence-electron chi connectivity index (χ3n) is 6.62. The third-order valence-corrected chi connectivity index (χ3v) is 6.62. The lowest BCUT2D eigenvalue weighted by Crippen LogP contribution is -2.35. The smallest absolute Gasteiger partial charge is 0.201 e. The van der Waals surface area contributed by atoms with Crippen LogP contribution < -0.4 is 9.13 Å². The summed E-state index contributed by atoms with van der Waals surface area (Å²) in [6, 6.07) is 22.4. The number of benzene rings is 2. The van der Waals surface area contributed by atoms with Gasteiger partial charge in [-0.2, -0.15) is 4.57 Å². The maximum atomic E-state index is 2.38. The molecular formula is C28H28N2+2. The number of hydrogen-bond donors (Lipinski definition) is 0. The molecule has 0 aliphatic heterocycles. The largest absolute Gasteiger partial charge is 0.213 e. The zero-order valence-electron chi connectivity index (χ0n) is 18.5. The summed E-state index contributed by atoms with van der Waals surface area (Å²) in [5, 5.41) is 0. The van der Waals surface area contributed by atoms with Gasteiger partial charge in [0.05, 0.1) is 0 Å². The van der Waals surface area contributed by atoms with Crippen molar-refractivity contribution in [3.63, 3.8) is 0 Å². The molecule has 0 saturated heterocycles. The number of pyridine rings is 2. The summed E-state index contributed by atoms with van der Waals surface area (Å²) >= 11 is 0. The molecule has 2 aromatic carbocycles. The van der Waals surface area contributed by atoms with Crippen LogP contribution in [0.4, 0.5) is 0 Å². The van der Waals surface area contributed by atoms with Gasteiger partial charge in [0.2, 0.25) is 11.4 Å². The van der Waals surface area contributed by atoms with Crippen molar-refractivity contribution < 1.29 is 9.13 Å². The van der Waals surface area contributed by atoms with Crippen molar-refractivity contribution in [2.75, 3.05) is 0 Å². The fourth-order valence-corrected chi connectivity index (χ4v) is 4.93. The highest BCUT2D eigenvalue weighted by atomic mass is 14.9. The monoisotopic (exact) mass is 392 g/mol. The van der Waals surface area contributed by atoms with E-state index in [1.54, 1.807) is 0 Å². The van der Waals surface area contributed by atoms with Crippen LogP contribution in [0.5, 0.6) is 0 Å². The van der Waals surface area contributed by atoms with Gasteiger partial charge >= 0.3 is 0 Å². The highest BCUT2D eigenvalue weighted by molar-refractivity contribution is 5.80. The summed E-state index contributed by atoms with van der Waals surface area (Å²) in [7, 11) is 4.32. The zero-order chi connectivity index (χ0) is 21.0. The molecule has 1 aliphatic rings. The van der Waals surface area contributed by atoms with E-state index in [-0.39, 0.29) is 0 Å². The van der Waals surface area contributed by atoms with E-state index in [0.29, 0.717) is 0 Å². The topological polar surface area (TPSA) is 7.76 Å². The van der Waals surface area contributed by atoms with Gasteiger partial charge in [0.25, 0.3) is 0 Å². The van der Waals surface area contributed by atoms with Gasteiger partial charge in [-0.25, -0.2) is 4.57 Å². The van der Waals surface area contributed by atoms with E-state index in [2.05, 4.69) is 111 Å². The molecular weight excluding hydrogens is 364 g/mol. The first-order valence-corrected chi connectivity index (χ1v) is 10.6. The van der Waals surface area contributed by atoms with Crippen LogP contribution >= 0.6 is 0 Å². The Balaban J connectivity index is 1.70. The first-order valence-electron chi connectivity index (χ1n) is 10.6. The lowest BCUT2D eigenvalue weighted by molar-refractivity contribution is -0.666. The van der Waals surface area contributed by atoms with E-state index < -0.39 is 0 Å². The molecule has 0 spiro atoms. The first-order chi connectivity index (χ1) is 14.4. The van der Waals surface area contributed by atoms with Crippen molar-refractivity contribution in [3.05, 3.63) is 94.8 Å². The molecule has 148 valence electrons. The molecule has 0 N–H and O–H groups in total. The Morgan fingerprint density at radius 1 is 0.667 bits per heavy atom. The van der Waals surface area contributed by atoms with E-state index in [1.165, 1.54) is 61.6 Å². The Kier molecular flexibility index (Phi) is 4.32. The second kappa shape index (κ2) is 6.91. The molecule has 0 bridgehead atoms. The summed E-state index contributed by atoms with van der Waals surface area (Å²) < 4.78 is 4.58. The van der Waals surface area contributed by atoms with E-state index in [4.69, 9.17) is 0 Å². The summed E-state index contributed by atoms with van der Waals surface area (Å²) in [6.07, 6.45) is 3.34. The second-order valence-electron chi connectivity index (χ2n) is 8.64. The SMILES string of the molecule is Cc1cc(C)[n+](C)c(-c2cccc(-c3cc4c(c[n+]3C)Cc3ccccc3-4)c2C)c1. The molecule has 0 atom stereocenters. The number of aromatic nitrogens is 2. The van der Waals surface area contributed by atoms with Crippen LogP contribution in [0.1, 0.15) is 27.9 Å². The molecule has 0 unspecified atom stereocenters. The van der Waals surface area contributed by atoms with Crippen molar-refractivity contribution in [2.24, 2.45) is 14.1 Å². The van der Waals surface area contributed by atoms with Gasteiger partial charge < -0.3 is 0 Å². The van der Waals surface area contributed by atoms with Crippen molar-refractivity contribution in [2.45, 2.75) is 27.2 Å². The molecule has 2 heteroatoms. The molecule has 4 aromatic rings. The molecule has 2 nitrogen and oxygen atoms in total. The molecule has 2 aromatic heterocycles. The summed E-state index contributed by atoms with van der Waals surface area (Å²) in [5.41, 5.74) is 14.6. The van der Waals surface area contributed by atoms with Gasteiger partial charge in [-0.3, -0.25) is 0 Å². The fraction of sp³-hybridized carbons (Fsp3) is 0.214. The van der Waals surface area contributed by atoms with Crippen molar-refractivity contribution in [1.29, 1.82) is 0 Å². The van der Waals surface area contributed by atoms with E-state index in [9.17, 15) is 0 Å². The minimum atomic E-state index is 1.02. The number of nitrogens with zero attached hydrogens (tertiary/aromatic N) is 2. The van der Waals surface area contributed by atoms with Gasteiger partial charge in [-0.1, -0.05) is 30.3 Å². The van der Waals surface area contributed by atoms with Crippen LogP contribution in [0, 0.1) is 20.8 Å². The lowest BCUT2D eigenvalue weighted by atomic mass is 9.94. The molecule has 30 heavy (non-hydrogen) atoms. The predicted octanol–water partition coefficient (Wildman–Crippen LogP) is 5.17. The zero-order valence-corrected chi connectivity index (χ0v) is 18.5. The summed E-state index contributed by atoms with van der Waals surface area (Å²) in [5.74, 6) is 0. The maximum absolute atomic E-state index is 2.38. The van der Waals surface area contributed by atoms with Gasteiger partial charge in [-0.15, -0.1) is 0 Å². The average molecular weight is 393 g/mol. The molecule has 0 amide bonds. The van der Waals surface area contributed by atoms with Crippen LogP contribution in [-0.4, -0.2) is 0 Å². The van der Waals surface area contributed by atoms with E-state index in [1.807, 2.05) is 0 Å². The Labute approximate surface area is 179 Å². The summed E-state index contributed by atoms with van der Waals surface area (Å²) in [4.78, 5) is 0. The van der Waals surface area contributed by atoms with Crippen molar-refractivity contribution in [3.8, 4) is 33.6 Å². The van der Waals surface area contributed by atoms with E-state index in [0.717, 1.165) is 6.42 Å². The minimum Gasteiger partial charge on any atom is -0.201 e. The van der Waals surface area contributed by atoms with Crippen LogP contribution in [0.3, 0.4) is 0 Å². The standard InChI is InChI=1S/C28H28N2/c1-18-13-19(2)30(5)28(14-18)24-12-8-11-23(20(24)3)27-16-26-22(17-29(27)4)15-21-9-6-7-10-25(21)26/h6-14,16-17H,15H2,1-5H3/q+2. The normalized spacial score (nSPS) is 12.0. The lowest BCUT2D eigenvalue weighted by Gasteiger charge is -2.12. The van der Waals surface area contributed by atoms with Gasteiger partial charge in [-0.05, 0) is 53.8 Å². The Hall–Kier alpha value is -3.26. The van der Waals surface area contributed by atoms with Crippen LogP contribution in [-0.2, 0) is 20.5 Å². The number of fused-ring (bicyclic) bond motifs is 3.